The van der Waals surface area contributed by atoms with Crippen molar-refractivity contribution in [1.82, 2.24) is 0 Å². The van der Waals surface area contributed by atoms with E-state index in [1.807, 2.05) is 30.3 Å². The molecule has 0 atom stereocenters. The number of aliphatic carboxylic acids is 1. The van der Waals surface area contributed by atoms with Crippen molar-refractivity contribution in [3.05, 3.63) is 35.9 Å². The fraction of sp³-hybridized carbons (Fsp3) is 0.462. The normalized spacial score (nSPS) is 12.3. The molecule has 0 unspecified atom stereocenters. The van der Waals surface area contributed by atoms with Crippen LogP contribution in [0.2, 0.25) is 0 Å². The molecule has 0 amide bonds. The fourth-order valence-electron chi connectivity index (χ4n) is 1.49. The van der Waals surface area contributed by atoms with Gasteiger partial charge < -0.3 is 5.11 Å². The van der Waals surface area contributed by atoms with E-state index in [4.69, 9.17) is 9.29 Å². The molecule has 0 saturated heterocycles. The van der Waals surface area contributed by atoms with Crippen molar-refractivity contribution in [3.8, 4) is 0 Å². The van der Waals surface area contributed by atoms with E-state index >= 15 is 0 Å². The third kappa shape index (κ3) is 5.40. The second-order valence-electron chi connectivity index (χ2n) is 4.75. The standard InChI is InChI=1S/C13H18O5S/c1-13(2,12(14)15)18-19(16,17)10-6-9-11-7-4-3-5-8-11/h3-5,7-8H,6,9-10H2,1-2H3,(H,14,15). The molecule has 0 fully saturated rings. The van der Waals surface area contributed by atoms with Crippen LogP contribution in [0.25, 0.3) is 0 Å². The Morgan fingerprint density at radius 3 is 2.37 bits per heavy atom. The van der Waals surface area contributed by atoms with Crippen molar-refractivity contribution < 1.29 is 22.5 Å². The lowest BCUT2D eigenvalue weighted by atomic mass is 10.1. The van der Waals surface area contributed by atoms with E-state index < -0.39 is 21.7 Å². The topological polar surface area (TPSA) is 80.7 Å². The summed E-state index contributed by atoms with van der Waals surface area (Å²) in [4.78, 5) is 10.8. The van der Waals surface area contributed by atoms with Gasteiger partial charge in [-0.15, -0.1) is 0 Å². The van der Waals surface area contributed by atoms with Crippen molar-refractivity contribution in [1.29, 1.82) is 0 Å². The van der Waals surface area contributed by atoms with Crippen LogP contribution in [0, 0.1) is 0 Å². The first-order chi connectivity index (χ1) is 8.73. The van der Waals surface area contributed by atoms with Crippen LogP contribution in [0.15, 0.2) is 30.3 Å². The van der Waals surface area contributed by atoms with Gasteiger partial charge in [0, 0.05) is 0 Å². The molecule has 1 rings (SSSR count). The van der Waals surface area contributed by atoms with Crippen LogP contribution < -0.4 is 0 Å². The molecule has 1 N–H and O–H groups in total. The SMILES string of the molecule is CC(C)(OS(=O)(=O)CCCc1ccccc1)C(=O)O. The highest BCUT2D eigenvalue weighted by atomic mass is 32.2. The lowest BCUT2D eigenvalue weighted by molar-refractivity contribution is -0.151. The van der Waals surface area contributed by atoms with Gasteiger partial charge in [0.1, 0.15) is 0 Å². The van der Waals surface area contributed by atoms with Crippen LogP contribution in [0.1, 0.15) is 25.8 Å². The molecule has 0 radical (unpaired) electrons. The second kappa shape index (κ2) is 6.16. The number of carbonyl (C=O) groups is 1. The Kier molecular flexibility index (Phi) is 5.08. The molecule has 5 nitrogen and oxygen atoms in total. The summed E-state index contributed by atoms with van der Waals surface area (Å²) in [5, 5.41) is 8.82. The van der Waals surface area contributed by atoms with Gasteiger partial charge in [0.05, 0.1) is 5.75 Å². The van der Waals surface area contributed by atoms with Crippen LogP contribution in [0.3, 0.4) is 0 Å². The average molecular weight is 286 g/mol. The third-order valence-corrected chi connectivity index (χ3v) is 4.01. The summed E-state index contributed by atoms with van der Waals surface area (Å²) in [6, 6.07) is 9.48. The monoisotopic (exact) mass is 286 g/mol. The minimum absolute atomic E-state index is 0.196. The van der Waals surface area contributed by atoms with E-state index in [1.54, 1.807) is 0 Å². The zero-order chi connectivity index (χ0) is 14.5. The van der Waals surface area contributed by atoms with E-state index in [2.05, 4.69) is 0 Å². The molecule has 0 aliphatic carbocycles. The van der Waals surface area contributed by atoms with Gasteiger partial charge in [-0.3, -0.25) is 4.18 Å². The van der Waals surface area contributed by atoms with E-state index in [9.17, 15) is 13.2 Å². The van der Waals surface area contributed by atoms with Crippen LogP contribution in [0.4, 0.5) is 0 Å². The predicted octanol–water partition coefficient (Wildman–Crippen LogP) is 1.83. The molecule has 19 heavy (non-hydrogen) atoms. The van der Waals surface area contributed by atoms with Crippen LogP contribution in [-0.4, -0.2) is 30.8 Å². The molecule has 0 saturated carbocycles. The molecular formula is C13H18O5S. The van der Waals surface area contributed by atoms with Gasteiger partial charge in [-0.2, -0.15) is 8.42 Å². The summed E-state index contributed by atoms with van der Waals surface area (Å²) < 4.78 is 28.0. The molecule has 0 aliphatic rings. The molecule has 1 aromatic carbocycles. The Hall–Kier alpha value is -1.40. The fourth-order valence-corrected chi connectivity index (χ4v) is 2.78. The molecule has 0 heterocycles. The number of carboxylic acids is 1. The Morgan fingerprint density at radius 1 is 1.26 bits per heavy atom. The van der Waals surface area contributed by atoms with Crippen molar-refractivity contribution in [3.63, 3.8) is 0 Å². The summed E-state index contributed by atoms with van der Waals surface area (Å²) in [5.41, 5.74) is -0.693. The van der Waals surface area contributed by atoms with Gasteiger partial charge >= 0.3 is 5.97 Å². The number of benzene rings is 1. The average Bonchev–Trinajstić information content (AvgIpc) is 2.28. The summed E-state index contributed by atoms with van der Waals surface area (Å²) in [6.07, 6.45) is 0.999. The summed E-state index contributed by atoms with van der Waals surface area (Å²) in [6.45, 7) is 2.42. The highest BCUT2D eigenvalue weighted by Gasteiger charge is 2.33. The molecule has 0 spiro atoms. The van der Waals surface area contributed by atoms with Crippen LogP contribution in [0.5, 0.6) is 0 Å². The highest BCUT2D eigenvalue weighted by molar-refractivity contribution is 7.86. The predicted molar refractivity (Wildman–Crippen MR) is 71.3 cm³/mol. The minimum Gasteiger partial charge on any atom is -0.479 e. The number of rotatable bonds is 7. The Morgan fingerprint density at radius 2 is 1.84 bits per heavy atom. The van der Waals surface area contributed by atoms with E-state index in [-0.39, 0.29) is 5.75 Å². The molecular weight excluding hydrogens is 268 g/mol. The zero-order valence-electron chi connectivity index (χ0n) is 11.0. The Bertz CT molecular complexity index is 519. The maximum atomic E-state index is 11.7. The maximum absolute atomic E-state index is 11.7. The van der Waals surface area contributed by atoms with Crippen LogP contribution in [-0.2, 0) is 25.5 Å². The summed E-state index contributed by atoms with van der Waals surface area (Å²) in [7, 11) is -3.84. The van der Waals surface area contributed by atoms with Gasteiger partial charge in [-0.25, -0.2) is 4.79 Å². The van der Waals surface area contributed by atoms with Crippen molar-refractivity contribution in [2.24, 2.45) is 0 Å². The highest BCUT2D eigenvalue weighted by Crippen LogP contribution is 2.15. The van der Waals surface area contributed by atoms with Gasteiger partial charge in [0.15, 0.2) is 5.60 Å². The van der Waals surface area contributed by atoms with Gasteiger partial charge in [0.2, 0.25) is 0 Å². The molecule has 1 aromatic rings. The molecule has 0 aromatic heterocycles. The smallest absolute Gasteiger partial charge is 0.336 e. The minimum atomic E-state index is -3.84. The van der Waals surface area contributed by atoms with E-state index in [0.29, 0.717) is 12.8 Å². The molecule has 0 aliphatic heterocycles. The first-order valence-corrected chi connectivity index (χ1v) is 7.51. The van der Waals surface area contributed by atoms with Crippen molar-refractivity contribution in [2.45, 2.75) is 32.3 Å². The van der Waals surface area contributed by atoms with Gasteiger partial charge in [-0.1, -0.05) is 30.3 Å². The van der Waals surface area contributed by atoms with E-state index in [0.717, 1.165) is 5.56 Å². The summed E-state index contributed by atoms with van der Waals surface area (Å²) in [5.74, 6) is -1.50. The van der Waals surface area contributed by atoms with E-state index in [1.165, 1.54) is 13.8 Å². The number of aryl methyl sites for hydroxylation is 1. The quantitative estimate of drug-likeness (QED) is 0.773. The number of hydrogen-bond acceptors (Lipinski definition) is 4. The molecule has 6 heteroatoms. The largest absolute Gasteiger partial charge is 0.479 e. The Balaban J connectivity index is 2.50. The first-order valence-electron chi connectivity index (χ1n) is 5.93. The second-order valence-corrected chi connectivity index (χ2v) is 6.44. The number of carboxylic acid groups (broad SMARTS) is 1. The van der Waals surface area contributed by atoms with Crippen molar-refractivity contribution in [2.75, 3.05) is 5.75 Å². The molecule has 0 bridgehead atoms. The van der Waals surface area contributed by atoms with Crippen LogP contribution >= 0.6 is 0 Å². The lowest BCUT2D eigenvalue weighted by Gasteiger charge is -2.19. The third-order valence-electron chi connectivity index (χ3n) is 2.55. The lowest BCUT2D eigenvalue weighted by Crippen LogP contribution is -2.37. The summed E-state index contributed by atoms with van der Waals surface area (Å²) >= 11 is 0. The molecule has 106 valence electrons. The van der Waals surface area contributed by atoms with Crippen molar-refractivity contribution >= 4 is 16.1 Å². The zero-order valence-corrected chi connectivity index (χ0v) is 11.8. The Labute approximate surface area is 113 Å². The maximum Gasteiger partial charge on any atom is 0.336 e. The van der Waals surface area contributed by atoms with Gasteiger partial charge in [-0.05, 0) is 32.3 Å². The number of hydrogen-bond donors (Lipinski definition) is 1. The van der Waals surface area contributed by atoms with Gasteiger partial charge in [0.25, 0.3) is 10.1 Å². The first kappa shape index (κ1) is 15.7.